The number of hydrogen-bond donors (Lipinski definition) is 1. The van der Waals surface area contributed by atoms with Gasteiger partial charge in [-0.05, 0) is 19.1 Å². The van der Waals surface area contributed by atoms with Crippen LogP contribution in [-0.2, 0) is 9.53 Å². The van der Waals surface area contributed by atoms with E-state index in [2.05, 4.69) is 15.0 Å². The van der Waals surface area contributed by atoms with Crippen molar-refractivity contribution in [2.24, 2.45) is 0 Å². The Morgan fingerprint density at radius 2 is 2.43 bits per heavy atom. The molecule has 1 heterocycles. The molecule has 0 spiro atoms. The predicted molar refractivity (Wildman–Crippen MR) is 49.3 cm³/mol. The van der Waals surface area contributed by atoms with E-state index < -0.39 is 17.8 Å². The maximum atomic E-state index is 13.0. The van der Waals surface area contributed by atoms with Crippen LogP contribution in [0.3, 0.4) is 0 Å². The zero-order valence-corrected chi connectivity index (χ0v) is 7.95. The van der Waals surface area contributed by atoms with Crippen LogP contribution in [0, 0.1) is 5.82 Å². The fourth-order valence-electron chi connectivity index (χ4n) is 0.933. The van der Waals surface area contributed by atoms with Crippen LogP contribution in [-0.4, -0.2) is 24.1 Å². The highest BCUT2D eigenvalue weighted by molar-refractivity contribution is 5.78. The molecular weight excluding hydrogens is 187 g/mol. The van der Waals surface area contributed by atoms with Crippen molar-refractivity contribution in [1.29, 1.82) is 0 Å². The number of pyridine rings is 1. The third-order valence-electron chi connectivity index (χ3n) is 1.67. The van der Waals surface area contributed by atoms with Crippen LogP contribution in [0.25, 0.3) is 0 Å². The first kappa shape index (κ1) is 10.4. The Morgan fingerprint density at radius 1 is 1.71 bits per heavy atom. The van der Waals surface area contributed by atoms with Crippen LogP contribution in [0.15, 0.2) is 18.3 Å². The number of nitrogens with zero attached hydrogens (tertiary/aromatic N) is 1. The number of aromatic nitrogens is 1. The third-order valence-corrected chi connectivity index (χ3v) is 1.67. The van der Waals surface area contributed by atoms with Gasteiger partial charge in [-0.15, -0.1) is 0 Å². The summed E-state index contributed by atoms with van der Waals surface area (Å²) in [7, 11) is 1.27. The van der Waals surface area contributed by atoms with Gasteiger partial charge in [0.15, 0.2) is 11.6 Å². The van der Waals surface area contributed by atoms with Crippen LogP contribution >= 0.6 is 0 Å². The highest BCUT2D eigenvalue weighted by Gasteiger charge is 2.14. The van der Waals surface area contributed by atoms with Gasteiger partial charge in [0.1, 0.15) is 6.04 Å². The first-order valence-corrected chi connectivity index (χ1v) is 4.10. The van der Waals surface area contributed by atoms with E-state index in [1.54, 1.807) is 6.92 Å². The second-order valence-electron chi connectivity index (χ2n) is 2.72. The largest absolute Gasteiger partial charge is 0.467 e. The van der Waals surface area contributed by atoms with Crippen molar-refractivity contribution in [2.75, 3.05) is 12.4 Å². The molecule has 0 fully saturated rings. The van der Waals surface area contributed by atoms with Crippen molar-refractivity contribution in [3.8, 4) is 0 Å². The maximum absolute atomic E-state index is 13.0. The molecule has 4 nitrogen and oxygen atoms in total. The molecule has 0 aliphatic rings. The van der Waals surface area contributed by atoms with Crippen molar-refractivity contribution in [3.05, 3.63) is 24.1 Å². The van der Waals surface area contributed by atoms with Crippen LogP contribution in [0.2, 0.25) is 0 Å². The Morgan fingerprint density at radius 3 is 3.00 bits per heavy atom. The van der Waals surface area contributed by atoms with E-state index in [9.17, 15) is 9.18 Å². The fourth-order valence-corrected chi connectivity index (χ4v) is 0.933. The Bertz CT molecular complexity index is 330. The number of anilines is 1. The third kappa shape index (κ3) is 2.42. The summed E-state index contributed by atoms with van der Waals surface area (Å²) in [5.74, 6) is -0.913. The lowest BCUT2D eigenvalue weighted by atomic mass is 10.3. The van der Waals surface area contributed by atoms with Crippen molar-refractivity contribution in [2.45, 2.75) is 13.0 Å². The quantitative estimate of drug-likeness (QED) is 0.741. The average molecular weight is 198 g/mol. The Hall–Kier alpha value is -1.65. The van der Waals surface area contributed by atoms with Gasteiger partial charge in [-0.3, -0.25) is 0 Å². The molecule has 1 N–H and O–H groups in total. The van der Waals surface area contributed by atoms with Crippen LogP contribution in [0.1, 0.15) is 6.92 Å². The number of halogens is 1. The fraction of sp³-hybridized carbons (Fsp3) is 0.333. The minimum Gasteiger partial charge on any atom is -0.467 e. The molecule has 0 aliphatic carbocycles. The summed E-state index contributed by atoms with van der Waals surface area (Å²) in [6.07, 6.45) is 1.44. The zero-order chi connectivity index (χ0) is 10.6. The number of hydrogen-bond acceptors (Lipinski definition) is 4. The van der Waals surface area contributed by atoms with E-state index >= 15 is 0 Å². The molecule has 0 aromatic carbocycles. The summed E-state index contributed by atoms with van der Waals surface area (Å²) < 4.78 is 17.5. The second kappa shape index (κ2) is 4.55. The number of ether oxygens (including phenoxy) is 1. The molecule has 14 heavy (non-hydrogen) atoms. The molecule has 76 valence electrons. The molecular formula is C9H11FN2O2. The lowest BCUT2D eigenvalue weighted by molar-refractivity contribution is -0.141. The molecule has 1 rings (SSSR count). The molecule has 1 unspecified atom stereocenters. The summed E-state index contributed by atoms with van der Waals surface area (Å²) >= 11 is 0. The van der Waals surface area contributed by atoms with Crippen LogP contribution in [0.5, 0.6) is 0 Å². The summed E-state index contributed by atoms with van der Waals surface area (Å²) in [5.41, 5.74) is 0. The highest BCUT2D eigenvalue weighted by Crippen LogP contribution is 2.09. The van der Waals surface area contributed by atoms with E-state index in [1.807, 2.05) is 0 Å². The number of carbonyl (C=O) groups is 1. The lowest BCUT2D eigenvalue weighted by Gasteiger charge is -2.11. The number of carbonyl (C=O) groups excluding carboxylic acids is 1. The van der Waals surface area contributed by atoms with E-state index in [0.29, 0.717) is 0 Å². The molecule has 1 aromatic heterocycles. The van der Waals surface area contributed by atoms with Crippen molar-refractivity contribution in [3.63, 3.8) is 0 Å². The van der Waals surface area contributed by atoms with Crippen molar-refractivity contribution in [1.82, 2.24) is 4.98 Å². The molecule has 1 aromatic rings. The van der Waals surface area contributed by atoms with Crippen LogP contribution < -0.4 is 5.32 Å². The lowest BCUT2D eigenvalue weighted by Crippen LogP contribution is -2.28. The minimum atomic E-state index is -0.621. The molecule has 0 aliphatic heterocycles. The molecule has 0 saturated heterocycles. The summed E-state index contributed by atoms with van der Waals surface area (Å²) in [6.45, 7) is 1.57. The normalized spacial score (nSPS) is 11.9. The van der Waals surface area contributed by atoms with Gasteiger partial charge in [-0.25, -0.2) is 14.2 Å². The summed E-state index contributed by atoms with van der Waals surface area (Å²) in [5, 5.41) is 2.60. The van der Waals surface area contributed by atoms with Crippen molar-refractivity contribution < 1.29 is 13.9 Å². The molecule has 0 amide bonds. The second-order valence-corrected chi connectivity index (χ2v) is 2.72. The van der Waals surface area contributed by atoms with Gasteiger partial charge < -0.3 is 10.1 Å². The monoisotopic (exact) mass is 198 g/mol. The van der Waals surface area contributed by atoms with Gasteiger partial charge in [-0.2, -0.15) is 0 Å². The number of nitrogens with one attached hydrogen (secondary N) is 1. The summed E-state index contributed by atoms with van der Waals surface area (Å²) in [6, 6.07) is 2.12. The van der Waals surface area contributed by atoms with Gasteiger partial charge in [0, 0.05) is 6.20 Å². The molecule has 0 bridgehead atoms. The molecule has 0 saturated carbocycles. The number of rotatable bonds is 3. The van der Waals surface area contributed by atoms with E-state index in [0.717, 1.165) is 0 Å². The van der Waals surface area contributed by atoms with Gasteiger partial charge in [0.05, 0.1) is 7.11 Å². The predicted octanol–water partition coefficient (Wildman–Crippen LogP) is 1.19. The smallest absolute Gasteiger partial charge is 0.328 e. The highest BCUT2D eigenvalue weighted by atomic mass is 19.1. The first-order valence-electron chi connectivity index (χ1n) is 4.10. The van der Waals surface area contributed by atoms with Crippen LogP contribution in [0.4, 0.5) is 10.2 Å². The first-order chi connectivity index (χ1) is 6.65. The Kier molecular flexibility index (Phi) is 3.39. The van der Waals surface area contributed by atoms with Crippen molar-refractivity contribution >= 4 is 11.8 Å². The van der Waals surface area contributed by atoms with Gasteiger partial charge >= 0.3 is 5.97 Å². The van der Waals surface area contributed by atoms with Gasteiger partial charge in [-0.1, -0.05) is 0 Å². The molecule has 1 atom stereocenters. The summed E-state index contributed by atoms with van der Waals surface area (Å²) in [4.78, 5) is 14.7. The number of esters is 1. The maximum Gasteiger partial charge on any atom is 0.328 e. The average Bonchev–Trinajstić information content (AvgIpc) is 2.20. The van der Waals surface area contributed by atoms with E-state index in [1.165, 1.54) is 25.4 Å². The topological polar surface area (TPSA) is 51.2 Å². The Labute approximate surface area is 81.1 Å². The zero-order valence-electron chi connectivity index (χ0n) is 7.95. The number of methoxy groups -OCH3 is 1. The Balaban J connectivity index is 2.69. The molecule has 0 radical (unpaired) electrons. The van der Waals surface area contributed by atoms with Gasteiger partial charge in [0.2, 0.25) is 0 Å². The van der Waals surface area contributed by atoms with E-state index in [4.69, 9.17) is 0 Å². The standard InChI is InChI=1S/C9H11FN2O2/c1-6(9(13)14-2)12-8-7(10)4-3-5-11-8/h3-6H,1-2H3,(H,11,12). The minimum absolute atomic E-state index is 0.0467. The van der Waals surface area contributed by atoms with E-state index in [-0.39, 0.29) is 5.82 Å². The SMILES string of the molecule is COC(=O)C(C)Nc1ncccc1F. The van der Waals surface area contributed by atoms with Gasteiger partial charge in [0.25, 0.3) is 0 Å². The molecule has 5 heteroatoms.